The minimum Gasteiger partial charge on any atom is -0.393 e. The maximum atomic E-state index is 11.9. The molecule has 0 spiro atoms. The SMILES string of the molecule is CCOC(C)CNC(=O)c1cccc(N)c1[N+](=O)[O-]. The van der Waals surface area contributed by atoms with Crippen molar-refractivity contribution in [3.63, 3.8) is 0 Å². The van der Waals surface area contributed by atoms with E-state index in [0.717, 1.165) is 0 Å². The molecular weight excluding hydrogens is 250 g/mol. The molecule has 19 heavy (non-hydrogen) atoms. The summed E-state index contributed by atoms with van der Waals surface area (Å²) in [6, 6.07) is 4.26. The first kappa shape index (κ1) is 14.9. The number of ether oxygens (including phenoxy) is 1. The highest BCUT2D eigenvalue weighted by molar-refractivity contribution is 6.00. The zero-order valence-corrected chi connectivity index (χ0v) is 10.9. The maximum absolute atomic E-state index is 11.9. The predicted molar refractivity (Wildman–Crippen MR) is 70.9 cm³/mol. The van der Waals surface area contributed by atoms with E-state index in [1.54, 1.807) is 6.92 Å². The van der Waals surface area contributed by atoms with Gasteiger partial charge in [0.25, 0.3) is 5.91 Å². The number of nitrogens with one attached hydrogen (secondary N) is 1. The summed E-state index contributed by atoms with van der Waals surface area (Å²) in [6.07, 6.45) is -0.158. The van der Waals surface area contributed by atoms with Crippen molar-refractivity contribution in [3.8, 4) is 0 Å². The molecule has 0 saturated carbocycles. The molecule has 0 aromatic heterocycles. The minimum absolute atomic E-state index is 0.0319. The number of rotatable bonds is 6. The highest BCUT2D eigenvalue weighted by Crippen LogP contribution is 2.25. The summed E-state index contributed by atoms with van der Waals surface area (Å²) in [7, 11) is 0. The van der Waals surface area contributed by atoms with Crippen LogP contribution in [-0.2, 0) is 4.74 Å². The lowest BCUT2D eigenvalue weighted by Crippen LogP contribution is -2.32. The normalized spacial score (nSPS) is 11.9. The summed E-state index contributed by atoms with van der Waals surface area (Å²) in [6.45, 7) is 4.46. The summed E-state index contributed by atoms with van der Waals surface area (Å²) in [5, 5.41) is 13.5. The van der Waals surface area contributed by atoms with E-state index in [1.165, 1.54) is 18.2 Å². The van der Waals surface area contributed by atoms with E-state index in [2.05, 4.69) is 5.32 Å². The Morgan fingerprint density at radius 3 is 2.84 bits per heavy atom. The van der Waals surface area contributed by atoms with Crippen molar-refractivity contribution >= 4 is 17.3 Å². The molecule has 0 aliphatic rings. The second-order valence-electron chi connectivity index (χ2n) is 3.98. The van der Waals surface area contributed by atoms with Crippen LogP contribution in [0.1, 0.15) is 24.2 Å². The number of anilines is 1. The van der Waals surface area contributed by atoms with Crippen LogP contribution in [0.25, 0.3) is 0 Å². The van der Waals surface area contributed by atoms with Gasteiger partial charge in [-0.2, -0.15) is 0 Å². The van der Waals surface area contributed by atoms with E-state index < -0.39 is 10.8 Å². The number of nitro groups is 1. The van der Waals surface area contributed by atoms with Gasteiger partial charge >= 0.3 is 5.69 Å². The Labute approximate surface area is 110 Å². The Hall–Kier alpha value is -2.15. The largest absolute Gasteiger partial charge is 0.393 e. The van der Waals surface area contributed by atoms with Crippen molar-refractivity contribution in [2.75, 3.05) is 18.9 Å². The van der Waals surface area contributed by atoms with Gasteiger partial charge in [-0.15, -0.1) is 0 Å². The molecule has 1 atom stereocenters. The van der Waals surface area contributed by atoms with Crippen molar-refractivity contribution in [1.29, 1.82) is 0 Å². The molecule has 1 amide bonds. The number of nitrogens with two attached hydrogens (primary N) is 1. The second kappa shape index (κ2) is 6.69. The number of carbonyl (C=O) groups is 1. The second-order valence-corrected chi connectivity index (χ2v) is 3.98. The van der Waals surface area contributed by atoms with Crippen molar-refractivity contribution < 1.29 is 14.5 Å². The molecule has 1 rings (SSSR count). The Bertz CT molecular complexity index is 476. The average molecular weight is 267 g/mol. The van der Waals surface area contributed by atoms with E-state index in [-0.39, 0.29) is 29.6 Å². The molecule has 0 heterocycles. The van der Waals surface area contributed by atoms with Gasteiger partial charge in [0, 0.05) is 13.2 Å². The number of nitro benzene ring substituents is 1. The van der Waals surface area contributed by atoms with Crippen molar-refractivity contribution in [1.82, 2.24) is 5.32 Å². The van der Waals surface area contributed by atoms with Gasteiger partial charge in [-0.25, -0.2) is 0 Å². The van der Waals surface area contributed by atoms with Gasteiger partial charge in [0.15, 0.2) is 0 Å². The van der Waals surface area contributed by atoms with Gasteiger partial charge in [-0.3, -0.25) is 14.9 Å². The van der Waals surface area contributed by atoms with E-state index in [0.29, 0.717) is 6.61 Å². The van der Waals surface area contributed by atoms with Crippen LogP contribution in [0.4, 0.5) is 11.4 Å². The number of nitrogen functional groups attached to an aromatic ring is 1. The molecule has 0 aliphatic heterocycles. The Morgan fingerprint density at radius 1 is 1.58 bits per heavy atom. The summed E-state index contributed by atoms with van der Waals surface area (Å²) in [4.78, 5) is 22.2. The van der Waals surface area contributed by atoms with Crippen LogP contribution in [0, 0.1) is 10.1 Å². The Kier molecular flexibility index (Phi) is 5.25. The van der Waals surface area contributed by atoms with Gasteiger partial charge in [0.05, 0.1) is 11.0 Å². The lowest BCUT2D eigenvalue weighted by molar-refractivity contribution is -0.384. The third kappa shape index (κ3) is 3.92. The van der Waals surface area contributed by atoms with Gasteiger partial charge < -0.3 is 15.8 Å². The fourth-order valence-corrected chi connectivity index (χ4v) is 1.62. The smallest absolute Gasteiger partial charge is 0.304 e. The molecule has 3 N–H and O–H groups in total. The molecule has 104 valence electrons. The van der Waals surface area contributed by atoms with Crippen LogP contribution in [0.3, 0.4) is 0 Å². The summed E-state index contributed by atoms with van der Waals surface area (Å²) < 4.78 is 5.26. The highest BCUT2D eigenvalue weighted by atomic mass is 16.6. The average Bonchev–Trinajstić information content (AvgIpc) is 2.35. The first-order chi connectivity index (χ1) is 8.97. The first-order valence-corrected chi connectivity index (χ1v) is 5.90. The third-order valence-corrected chi connectivity index (χ3v) is 2.50. The van der Waals surface area contributed by atoms with Crippen molar-refractivity contribution in [3.05, 3.63) is 33.9 Å². The van der Waals surface area contributed by atoms with Gasteiger partial charge in [0.2, 0.25) is 0 Å². The van der Waals surface area contributed by atoms with E-state index in [4.69, 9.17) is 10.5 Å². The van der Waals surface area contributed by atoms with Crippen LogP contribution in [0.2, 0.25) is 0 Å². The highest BCUT2D eigenvalue weighted by Gasteiger charge is 2.23. The van der Waals surface area contributed by atoms with Gasteiger partial charge in [-0.1, -0.05) is 6.07 Å². The Balaban J connectivity index is 2.83. The Morgan fingerprint density at radius 2 is 2.26 bits per heavy atom. The maximum Gasteiger partial charge on any atom is 0.304 e. The summed E-state index contributed by atoms with van der Waals surface area (Å²) in [5.74, 6) is -0.537. The fraction of sp³-hybridized carbons (Fsp3) is 0.417. The number of hydrogen-bond acceptors (Lipinski definition) is 5. The zero-order chi connectivity index (χ0) is 14.4. The predicted octanol–water partition coefficient (Wildman–Crippen LogP) is 1.33. The first-order valence-electron chi connectivity index (χ1n) is 5.90. The van der Waals surface area contributed by atoms with Gasteiger partial charge in [0.1, 0.15) is 11.3 Å². The lowest BCUT2D eigenvalue weighted by atomic mass is 10.1. The summed E-state index contributed by atoms with van der Waals surface area (Å²) in [5.41, 5.74) is 5.07. The number of carbonyl (C=O) groups excluding carboxylic acids is 1. The molecule has 1 aromatic carbocycles. The standard InChI is InChI=1S/C12H17N3O4/c1-3-19-8(2)7-14-12(16)9-5-4-6-10(13)11(9)15(17)18/h4-6,8H,3,7,13H2,1-2H3,(H,14,16). The zero-order valence-electron chi connectivity index (χ0n) is 10.9. The molecule has 0 bridgehead atoms. The number of para-hydroxylation sites is 1. The molecule has 0 saturated heterocycles. The quantitative estimate of drug-likeness (QED) is 0.459. The summed E-state index contributed by atoms with van der Waals surface area (Å²) >= 11 is 0. The molecular formula is C12H17N3O4. The molecule has 1 aromatic rings. The monoisotopic (exact) mass is 267 g/mol. The van der Waals surface area contributed by atoms with E-state index in [1.807, 2.05) is 6.92 Å². The van der Waals surface area contributed by atoms with Crippen LogP contribution in [0.5, 0.6) is 0 Å². The van der Waals surface area contributed by atoms with Crippen LogP contribution < -0.4 is 11.1 Å². The molecule has 0 radical (unpaired) electrons. The minimum atomic E-state index is -0.657. The van der Waals surface area contributed by atoms with Crippen LogP contribution >= 0.6 is 0 Å². The van der Waals surface area contributed by atoms with Gasteiger partial charge in [-0.05, 0) is 26.0 Å². The molecule has 0 aliphatic carbocycles. The third-order valence-electron chi connectivity index (χ3n) is 2.50. The molecule has 0 fully saturated rings. The number of benzene rings is 1. The number of hydrogen-bond donors (Lipinski definition) is 2. The van der Waals surface area contributed by atoms with Crippen LogP contribution in [-0.4, -0.2) is 30.1 Å². The lowest BCUT2D eigenvalue weighted by Gasteiger charge is -2.12. The van der Waals surface area contributed by atoms with Crippen LogP contribution in [0.15, 0.2) is 18.2 Å². The molecule has 7 heteroatoms. The number of nitrogens with zero attached hydrogens (tertiary/aromatic N) is 1. The molecule has 1 unspecified atom stereocenters. The molecule has 7 nitrogen and oxygen atoms in total. The number of amides is 1. The van der Waals surface area contributed by atoms with E-state index in [9.17, 15) is 14.9 Å². The fourth-order valence-electron chi connectivity index (χ4n) is 1.62. The topological polar surface area (TPSA) is 107 Å². The van der Waals surface area contributed by atoms with Crippen molar-refractivity contribution in [2.45, 2.75) is 20.0 Å². The van der Waals surface area contributed by atoms with E-state index >= 15 is 0 Å². The van der Waals surface area contributed by atoms with Crippen molar-refractivity contribution in [2.24, 2.45) is 0 Å².